The number of hydrogen-bond acceptors (Lipinski definition) is 6. The molecular weight excluding hydrogens is 436 g/mol. The molecule has 2 aromatic carbocycles. The summed E-state index contributed by atoms with van der Waals surface area (Å²) in [6, 6.07) is 11.2. The number of anilines is 1. The SMILES string of the molecule is COc1ccc(-c2cc(NC(=O)CS[C@@H]3CCS(=O)(=O)C3)ccc2OC(F)F)cc1. The second-order valence-electron chi connectivity index (χ2n) is 6.70. The Hall–Kier alpha value is -2.33. The van der Waals surface area contributed by atoms with Crippen LogP contribution in [0.2, 0.25) is 0 Å². The number of methoxy groups -OCH3 is 1. The molecule has 0 radical (unpaired) electrons. The Bertz CT molecular complexity index is 997. The molecule has 3 rings (SSSR count). The summed E-state index contributed by atoms with van der Waals surface area (Å²) in [6.45, 7) is -2.98. The lowest BCUT2D eigenvalue weighted by Gasteiger charge is -2.14. The number of ether oxygens (including phenoxy) is 2. The standard InChI is InChI=1S/C20H21F2NO5S2/c1-27-15-5-2-13(3-6-15)17-10-14(4-7-18(17)28-20(21)22)23-19(24)11-29-16-8-9-30(25,26)12-16/h2-7,10,16,20H,8-9,11-12H2,1H3,(H,23,24)/t16-/m1/s1. The van der Waals surface area contributed by atoms with Gasteiger partial charge in [-0.1, -0.05) is 12.1 Å². The van der Waals surface area contributed by atoms with E-state index in [1.807, 2.05) is 0 Å². The molecule has 0 unspecified atom stereocenters. The van der Waals surface area contributed by atoms with Crippen molar-refractivity contribution in [3.63, 3.8) is 0 Å². The molecule has 0 saturated carbocycles. The van der Waals surface area contributed by atoms with E-state index in [-0.39, 0.29) is 34.2 Å². The van der Waals surface area contributed by atoms with Gasteiger partial charge < -0.3 is 14.8 Å². The maximum Gasteiger partial charge on any atom is 0.387 e. The van der Waals surface area contributed by atoms with E-state index in [0.717, 1.165) is 0 Å². The first-order valence-electron chi connectivity index (χ1n) is 9.11. The summed E-state index contributed by atoms with van der Waals surface area (Å²) < 4.78 is 58.3. The minimum absolute atomic E-state index is 0.0151. The zero-order valence-corrected chi connectivity index (χ0v) is 17.8. The van der Waals surface area contributed by atoms with E-state index in [1.54, 1.807) is 30.3 Å². The Morgan fingerprint density at radius 3 is 2.57 bits per heavy atom. The van der Waals surface area contributed by atoms with Crippen LogP contribution in [0.1, 0.15) is 6.42 Å². The number of carbonyl (C=O) groups is 1. The fourth-order valence-corrected chi connectivity index (χ4v) is 6.53. The zero-order valence-electron chi connectivity index (χ0n) is 16.1. The van der Waals surface area contributed by atoms with Crippen molar-refractivity contribution in [1.29, 1.82) is 0 Å². The minimum atomic E-state index is -2.99. The Kier molecular flexibility index (Phi) is 7.19. The Morgan fingerprint density at radius 2 is 1.97 bits per heavy atom. The third-order valence-corrected chi connectivity index (χ3v) is 7.80. The van der Waals surface area contributed by atoms with Gasteiger partial charge >= 0.3 is 6.61 Å². The van der Waals surface area contributed by atoms with E-state index in [1.165, 1.54) is 31.0 Å². The number of thioether (sulfide) groups is 1. The number of amides is 1. The molecule has 10 heteroatoms. The maximum absolute atomic E-state index is 12.8. The largest absolute Gasteiger partial charge is 0.497 e. The first kappa shape index (κ1) is 22.4. The van der Waals surface area contributed by atoms with Crippen LogP contribution in [-0.4, -0.2) is 50.6 Å². The summed E-state index contributed by atoms with van der Waals surface area (Å²) >= 11 is 1.30. The van der Waals surface area contributed by atoms with Crippen LogP contribution in [0, 0.1) is 0 Å². The van der Waals surface area contributed by atoms with Crippen LogP contribution in [0.5, 0.6) is 11.5 Å². The highest BCUT2D eigenvalue weighted by Gasteiger charge is 2.28. The number of halogens is 2. The number of sulfone groups is 1. The highest BCUT2D eigenvalue weighted by Crippen LogP contribution is 2.35. The average molecular weight is 458 g/mol. The smallest absolute Gasteiger partial charge is 0.387 e. The molecule has 1 fully saturated rings. The topological polar surface area (TPSA) is 81.7 Å². The molecule has 1 aliphatic heterocycles. The van der Waals surface area contributed by atoms with Crippen LogP contribution < -0.4 is 14.8 Å². The van der Waals surface area contributed by atoms with E-state index in [9.17, 15) is 22.0 Å². The van der Waals surface area contributed by atoms with Crippen molar-refractivity contribution in [3.8, 4) is 22.6 Å². The van der Waals surface area contributed by atoms with Gasteiger partial charge in [0.15, 0.2) is 9.84 Å². The van der Waals surface area contributed by atoms with Crippen LogP contribution in [0.15, 0.2) is 42.5 Å². The highest BCUT2D eigenvalue weighted by molar-refractivity contribution is 8.02. The Balaban J connectivity index is 1.72. The van der Waals surface area contributed by atoms with Crippen molar-refractivity contribution in [2.45, 2.75) is 18.3 Å². The number of nitrogens with one attached hydrogen (secondary N) is 1. The fraction of sp³-hybridized carbons (Fsp3) is 0.350. The van der Waals surface area contributed by atoms with Crippen molar-refractivity contribution in [1.82, 2.24) is 0 Å². The van der Waals surface area contributed by atoms with Gasteiger partial charge in [0.2, 0.25) is 5.91 Å². The van der Waals surface area contributed by atoms with Crippen molar-refractivity contribution >= 4 is 33.2 Å². The summed E-state index contributed by atoms with van der Waals surface area (Å²) in [5.41, 5.74) is 1.44. The molecule has 162 valence electrons. The van der Waals surface area contributed by atoms with E-state index < -0.39 is 16.4 Å². The Labute approximate surface area is 177 Å². The van der Waals surface area contributed by atoms with Gasteiger partial charge in [-0.25, -0.2) is 8.42 Å². The molecular formula is C20H21F2NO5S2. The van der Waals surface area contributed by atoms with E-state index in [0.29, 0.717) is 29.0 Å². The molecule has 1 aliphatic rings. The zero-order chi connectivity index (χ0) is 21.7. The number of alkyl halides is 2. The molecule has 1 atom stereocenters. The maximum atomic E-state index is 12.8. The summed E-state index contributed by atoms with van der Waals surface area (Å²) in [6.07, 6.45) is 0.543. The third-order valence-electron chi connectivity index (χ3n) is 4.52. The van der Waals surface area contributed by atoms with Gasteiger partial charge in [-0.3, -0.25) is 4.79 Å². The molecule has 2 aromatic rings. The van der Waals surface area contributed by atoms with E-state index in [2.05, 4.69) is 10.1 Å². The van der Waals surface area contributed by atoms with Gasteiger partial charge in [-0.15, -0.1) is 11.8 Å². The van der Waals surface area contributed by atoms with E-state index >= 15 is 0 Å². The second kappa shape index (κ2) is 9.65. The van der Waals surface area contributed by atoms with Crippen LogP contribution in [0.4, 0.5) is 14.5 Å². The molecule has 1 amide bonds. The van der Waals surface area contributed by atoms with Crippen molar-refractivity contribution in [3.05, 3.63) is 42.5 Å². The van der Waals surface area contributed by atoms with Crippen LogP contribution >= 0.6 is 11.8 Å². The van der Waals surface area contributed by atoms with Crippen LogP contribution in [0.25, 0.3) is 11.1 Å². The molecule has 1 N–H and O–H groups in total. The summed E-state index contributed by atoms with van der Waals surface area (Å²) in [4.78, 5) is 12.3. The summed E-state index contributed by atoms with van der Waals surface area (Å²) in [7, 11) is -1.47. The van der Waals surface area contributed by atoms with Gasteiger partial charge in [-0.2, -0.15) is 8.78 Å². The molecule has 1 saturated heterocycles. The highest BCUT2D eigenvalue weighted by atomic mass is 32.2. The summed E-state index contributed by atoms with van der Waals surface area (Å²) in [5, 5.41) is 2.64. The van der Waals surface area contributed by atoms with Gasteiger partial charge in [0, 0.05) is 16.5 Å². The Morgan fingerprint density at radius 1 is 1.23 bits per heavy atom. The predicted octanol–water partition coefficient (Wildman–Crippen LogP) is 3.82. The average Bonchev–Trinajstić information content (AvgIpc) is 3.06. The fourth-order valence-electron chi connectivity index (χ4n) is 3.09. The van der Waals surface area contributed by atoms with Crippen molar-refractivity contribution in [2.24, 2.45) is 0 Å². The number of benzene rings is 2. The molecule has 6 nitrogen and oxygen atoms in total. The quantitative estimate of drug-likeness (QED) is 0.649. The molecule has 0 spiro atoms. The lowest BCUT2D eigenvalue weighted by molar-refractivity contribution is -0.113. The normalized spacial score (nSPS) is 17.7. The van der Waals surface area contributed by atoms with Gasteiger partial charge in [-0.05, 0) is 42.3 Å². The second-order valence-corrected chi connectivity index (χ2v) is 10.2. The monoisotopic (exact) mass is 457 g/mol. The van der Waals surface area contributed by atoms with Gasteiger partial charge in [0.25, 0.3) is 0 Å². The van der Waals surface area contributed by atoms with Crippen molar-refractivity contribution in [2.75, 3.05) is 29.7 Å². The lowest BCUT2D eigenvalue weighted by Crippen LogP contribution is -2.17. The van der Waals surface area contributed by atoms with E-state index in [4.69, 9.17) is 4.74 Å². The first-order valence-corrected chi connectivity index (χ1v) is 12.0. The minimum Gasteiger partial charge on any atom is -0.497 e. The third kappa shape index (κ3) is 6.09. The van der Waals surface area contributed by atoms with Gasteiger partial charge in [0.05, 0.1) is 24.4 Å². The van der Waals surface area contributed by atoms with Crippen LogP contribution in [0.3, 0.4) is 0 Å². The number of rotatable bonds is 8. The lowest BCUT2D eigenvalue weighted by atomic mass is 10.0. The van der Waals surface area contributed by atoms with Gasteiger partial charge in [0.1, 0.15) is 11.5 Å². The molecule has 30 heavy (non-hydrogen) atoms. The molecule has 0 aromatic heterocycles. The van der Waals surface area contributed by atoms with Crippen molar-refractivity contribution < 1.29 is 31.5 Å². The molecule has 0 aliphatic carbocycles. The number of hydrogen-bond donors (Lipinski definition) is 1. The number of carbonyl (C=O) groups excluding carboxylic acids is 1. The molecule has 0 bridgehead atoms. The molecule has 1 heterocycles. The predicted molar refractivity (Wildman–Crippen MR) is 113 cm³/mol. The van der Waals surface area contributed by atoms with Crippen LogP contribution in [-0.2, 0) is 14.6 Å². The summed E-state index contributed by atoms with van der Waals surface area (Å²) in [5.74, 6) is 0.652. The first-order chi connectivity index (χ1) is 14.3.